The second-order valence-electron chi connectivity index (χ2n) is 6.82. The summed E-state index contributed by atoms with van der Waals surface area (Å²) in [6.07, 6.45) is -5.04. The van der Waals surface area contributed by atoms with Gasteiger partial charge < -0.3 is 4.90 Å². The molecule has 2 heterocycles. The van der Waals surface area contributed by atoms with Gasteiger partial charge in [0.1, 0.15) is 6.17 Å². The number of nitrogens with zero attached hydrogens (tertiary/aromatic N) is 2. The number of hydrogen-bond donors (Lipinski definition) is 0. The van der Waals surface area contributed by atoms with Crippen LogP contribution in [0.1, 0.15) is 47.3 Å². The van der Waals surface area contributed by atoms with E-state index >= 15 is 0 Å². The van der Waals surface area contributed by atoms with Crippen molar-refractivity contribution in [1.82, 2.24) is 9.80 Å². The van der Waals surface area contributed by atoms with Crippen LogP contribution in [0.15, 0.2) is 12.1 Å². The summed E-state index contributed by atoms with van der Waals surface area (Å²) in [7, 11) is 0. The summed E-state index contributed by atoms with van der Waals surface area (Å²) in [5.41, 5.74) is -0.157. The van der Waals surface area contributed by atoms with Gasteiger partial charge >= 0.3 is 6.18 Å². The van der Waals surface area contributed by atoms with Crippen molar-refractivity contribution in [3.63, 3.8) is 0 Å². The van der Waals surface area contributed by atoms with Gasteiger partial charge in [-0.2, -0.15) is 13.2 Å². The maximum Gasteiger partial charge on any atom is 0.416 e. The van der Waals surface area contributed by atoms with Crippen LogP contribution in [0.2, 0.25) is 0 Å². The number of amides is 1. The Labute approximate surface area is 138 Å². The molecule has 0 aromatic heterocycles. The monoisotopic (exact) mass is 344 g/mol. The SMILES string of the molecule is CC(C)N1Cc2c(cc(CN3CCC(F)C3)cc2C(F)(F)F)C1=O. The van der Waals surface area contributed by atoms with E-state index in [-0.39, 0.29) is 42.7 Å². The zero-order chi connectivity index (χ0) is 17.6. The smallest absolute Gasteiger partial charge is 0.332 e. The third-order valence-electron chi connectivity index (χ3n) is 4.68. The largest absolute Gasteiger partial charge is 0.416 e. The molecule has 0 bridgehead atoms. The van der Waals surface area contributed by atoms with Gasteiger partial charge in [-0.1, -0.05) is 0 Å². The van der Waals surface area contributed by atoms with Crippen LogP contribution in [-0.4, -0.2) is 41.0 Å². The summed E-state index contributed by atoms with van der Waals surface area (Å²) in [6.45, 7) is 4.52. The highest BCUT2D eigenvalue weighted by Crippen LogP contribution is 2.39. The van der Waals surface area contributed by atoms with Crippen LogP contribution in [0.3, 0.4) is 0 Å². The van der Waals surface area contributed by atoms with Crippen molar-refractivity contribution in [3.8, 4) is 0 Å². The molecule has 0 spiro atoms. The van der Waals surface area contributed by atoms with Crippen LogP contribution in [0.5, 0.6) is 0 Å². The molecule has 1 aromatic rings. The van der Waals surface area contributed by atoms with Gasteiger partial charge in [0.15, 0.2) is 0 Å². The van der Waals surface area contributed by atoms with Gasteiger partial charge in [-0.15, -0.1) is 0 Å². The number of carbonyl (C=O) groups excluding carboxylic acids is 1. The van der Waals surface area contributed by atoms with Gasteiger partial charge in [0, 0.05) is 37.8 Å². The zero-order valence-electron chi connectivity index (χ0n) is 13.7. The first-order valence-electron chi connectivity index (χ1n) is 8.07. The van der Waals surface area contributed by atoms with Gasteiger partial charge in [-0.05, 0) is 43.5 Å². The molecule has 0 radical (unpaired) electrons. The van der Waals surface area contributed by atoms with Crippen LogP contribution < -0.4 is 0 Å². The molecular formula is C17H20F4N2O. The number of benzene rings is 1. The van der Waals surface area contributed by atoms with Gasteiger partial charge in [0.25, 0.3) is 5.91 Å². The number of carbonyl (C=O) groups is 1. The lowest BCUT2D eigenvalue weighted by Crippen LogP contribution is -2.30. The first kappa shape index (κ1) is 17.2. The number of rotatable bonds is 3. The Bertz CT molecular complexity index is 657. The quantitative estimate of drug-likeness (QED) is 0.782. The minimum atomic E-state index is -4.51. The van der Waals surface area contributed by atoms with E-state index in [2.05, 4.69) is 0 Å². The van der Waals surface area contributed by atoms with Crippen molar-refractivity contribution in [2.45, 2.75) is 51.7 Å². The Morgan fingerprint density at radius 1 is 1.29 bits per heavy atom. The summed E-state index contributed by atoms with van der Waals surface area (Å²) in [4.78, 5) is 15.7. The van der Waals surface area contributed by atoms with Crippen molar-refractivity contribution in [3.05, 3.63) is 34.4 Å². The van der Waals surface area contributed by atoms with Gasteiger partial charge in [0.05, 0.1) is 5.56 Å². The minimum absolute atomic E-state index is 0.0166. The topological polar surface area (TPSA) is 23.6 Å². The molecule has 1 aromatic carbocycles. The molecule has 24 heavy (non-hydrogen) atoms. The molecule has 1 fully saturated rings. The average Bonchev–Trinajstić information content (AvgIpc) is 3.02. The Morgan fingerprint density at radius 3 is 2.54 bits per heavy atom. The van der Waals surface area contributed by atoms with E-state index in [1.807, 2.05) is 0 Å². The molecule has 0 saturated carbocycles. The van der Waals surface area contributed by atoms with E-state index in [0.29, 0.717) is 18.5 Å². The second kappa shape index (κ2) is 6.02. The molecule has 3 rings (SSSR count). The normalized spacial score (nSPS) is 21.9. The number of alkyl halides is 4. The van der Waals surface area contributed by atoms with E-state index < -0.39 is 17.9 Å². The fourth-order valence-corrected chi connectivity index (χ4v) is 3.44. The predicted octanol–water partition coefficient (Wildman–Crippen LogP) is 3.61. The highest BCUT2D eigenvalue weighted by atomic mass is 19.4. The fraction of sp³-hybridized carbons (Fsp3) is 0.588. The van der Waals surface area contributed by atoms with Gasteiger partial charge in [-0.3, -0.25) is 9.69 Å². The van der Waals surface area contributed by atoms with Crippen molar-refractivity contribution in [2.75, 3.05) is 13.1 Å². The molecule has 1 atom stereocenters. The number of likely N-dealkylation sites (tertiary alicyclic amines) is 1. The Kier molecular flexibility index (Phi) is 4.32. The third-order valence-corrected chi connectivity index (χ3v) is 4.68. The highest BCUT2D eigenvalue weighted by molar-refractivity contribution is 5.99. The molecule has 1 saturated heterocycles. The molecule has 1 amide bonds. The Balaban J connectivity index is 1.98. The van der Waals surface area contributed by atoms with E-state index in [1.54, 1.807) is 24.8 Å². The maximum atomic E-state index is 13.5. The summed E-state index contributed by atoms with van der Waals surface area (Å²) < 4.78 is 53.6. The van der Waals surface area contributed by atoms with E-state index in [9.17, 15) is 22.4 Å². The number of fused-ring (bicyclic) bond motifs is 1. The summed E-state index contributed by atoms with van der Waals surface area (Å²) in [6, 6.07) is 2.49. The Hall–Kier alpha value is -1.63. The second-order valence-corrected chi connectivity index (χ2v) is 6.82. The first-order chi connectivity index (χ1) is 11.2. The van der Waals surface area contributed by atoms with Crippen LogP contribution >= 0.6 is 0 Å². The standard InChI is InChI=1S/C17H20F4N2O/c1-10(2)23-9-14-13(16(23)24)5-11(6-15(14)17(19,20)21)7-22-4-3-12(18)8-22/h5-6,10,12H,3-4,7-9H2,1-2H3. The summed E-state index contributed by atoms with van der Waals surface area (Å²) >= 11 is 0. The number of halogens is 4. The third kappa shape index (κ3) is 3.14. The van der Waals surface area contributed by atoms with Crippen LogP contribution in [0.4, 0.5) is 17.6 Å². The lowest BCUT2D eigenvalue weighted by atomic mass is 9.98. The van der Waals surface area contributed by atoms with Gasteiger partial charge in [-0.25, -0.2) is 4.39 Å². The molecule has 2 aliphatic rings. The highest BCUT2D eigenvalue weighted by Gasteiger charge is 2.40. The van der Waals surface area contributed by atoms with Crippen molar-refractivity contribution >= 4 is 5.91 Å². The number of hydrogen-bond acceptors (Lipinski definition) is 2. The van der Waals surface area contributed by atoms with Crippen LogP contribution in [0, 0.1) is 0 Å². The van der Waals surface area contributed by atoms with Crippen LogP contribution in [0.25, 0.3) is 0 Å². The zero-order valence-corrected chi connectivity index (χ0v) is 13.7. The Morgan fingerprint density at radius 2 is 2.00 bits per heavy atom. The van der Waals surface area contributed by atoms with Crippen molar-refractivity contribution in [1.29, 1.82) is 0 Å². The lowest BCUT2D eigenvalue weighted by Gasteiger charge is -2.20. The van der Waals surface area contributed by atoms with E-state index in [0.717, 1.165) is 6.07 Å². The van der Waals surface area contributed by atoms with Crippen LogP contribution in [-0.2, 0) is 19.3 Å². The molecule has 0 N–H and O–H groups in total. The summed E-state index contributed by atoms with van der Waals surface area (Å²) in [5, 5.41) is 0. The molecule has 2 aliphatic heterocycles. The first-order valence-corrected chi connectivity index (χ1v) is 8.07. The molecule has 3 nitrogen and oxygen atoms in total. The minimum Gasteiger partial charge on any atom is -0.332 e. The van der Waals surface area contributed by atoms with Gasteiger partial charge in [0.2, 0.25) is 0 Å². The fourth-order valence-electron chi connectivity index (χ4n) is 3.44. The van der Waals surface area contributed by atoms with Crippen molar-refractivity contribution in [2.24, 2.45) is 0 Å². The summed E-state index contributed by atoms with van der Waals surface area (Å²) in [5.74, 6) is -0.364. The molecule has 132 valence electrons. The average molecular weight is 344 g/mol. The van der Waals surface area contributed by atoms with E-state index in [1.165, 1.54) is 4.90 Å². The van der Waals surface area contributed by atoms with Crippen molar-refractivity contribution < 1.29 is 22.4 Å². The molecule has 0 aliphatic carbocycles. The molecular weight excluding hydrogens is 324 g/mol. The molecule has 1 unspecified atom stereocenters. The molecule has 7 heteroatoms. The maximum absolute atomic E-state index is 13.5. The lowest BCUT2D eigenvalue weighted by molar-refractivity contribution is -0.138. The predicted molar refractivity (Wildman–Crippen MR) is 81.2 cm³/mol. The van der Waals surface area contributed by atoms with E-state index in [4.69, 9.17) is 0 Å².